The number of halogens is 2. The van der Waals surface area contributed by atoms with Crippen LogP contribution in [0.4, 0.5) is 14.5 Å². The Labute approximate surface area is 147 Å². The first kappa shape index (κ1) is 19.4. The highest BCUT2D eigenvalue weighted by Gasteiger charge is 2.27. The third-order valence-electron chi connectivity index (χ3n) is 3.43. The average Bonchev–Trinajstić information content (AvgIpc) is 2.92. The molecule has 0 spiro atoms. The molecule has 0 aliphatic rings. The van der Waals surface area contributed by atoms with Gasteiger partial charge in [0.2, 0.25) is 0 Å². The first-order valence-electron chi connectivity index (χ1n) is 6.94. The number of carboxylic acid groups (broad SMARTS) is 1. The summed E-state index contributed by atoms with van der Waals surface area (Å²) in [7, 11) is -0.777. The van der Waals surface area contributed by atoms with Gasteiger partial charge in [-0.3, -0.25) is 9.40 Å². The minimum Gasteiger partial charge on any atom is -0.493 e. The third kappa shape index (κ3) is 3.54. The van der Waals surface area contributed by atoms with Gasteiger partial charge in [0.15, 0.2) is 11.5 Å². The molecule has 0 fully saturated rings. The van der Waals surface area contributed by atoms with E-state index in [-0.39, 0.29) is 11.5 Å². The van der Waals surface area contributed by atoms with E-state index in [1.807, 2.05) is 4.72 Å². The number of nitrogens with one attached hydrogen (secondary N) is 1. The lowest BCUT2D eigenvalue weighted by Gasteiger charge is -2.14. The van der Waals surface area contributed by atoms with Gasteiger partial charge in [-0.15, -0.1) is 0 Å². The quantitative estimate of drug-likeness (QED) is 0.739. The van der Waals surface area contributed by atoms with Crippen LogP contribution in [0.3, 0.4) is 0 Å². The van der Waals surface area contributed by atoms with Gasteiger partial charge in [0.05, 0.1) is 31.0 Å². The molecule has 0 saturated heterocycles. The maximum absolute atomic E-state index is 13.1. The van der Waals surface area contributed by atoms with Crippen molar-refractivity contribution in [3.8, 4) is 11.5 Å². The zero-order valence-corrected chi connectivity index (χ0v) is 14.7. The molecule has 1 heterocycles. The number of ether oxygens (including phenoxy) is 2. The standard InChI is InChI=1S/C14H15F2N3O6S/c1-19-11(13(15)16)9(6-17-19)18-26(22,23)7-4-8(14(20)21)12(25-3)10(5-7)24-2/h4-6,13,18H,1-3H3,(H,20,21). The van der Waals surface area contributed by atoms with E-state index in [2.05, 4.69) is 5.10 Å². The zero-order chi connectivity index (χ0) is 19.6. The summed E-state index contributed by atoms with van der Waals surface area (Å²) >= 11 is 0. The smallest absolute Gasteiger partial charge is 0.339 e. The Morgan fingerprint density at radius 1 is 1.31 bits per heavy atom. The molecular formula is C14H15F2N3O6S. The fourth-order valence-electron chi connectivity index (χ4n) is 2.24. The predicted molar refractivity (Wildman–Crippen MR) is 85.5 cm³/mol. The molecule has 0 aliphatic carbocycles. The average molecular weight is 391 g/mol. The lowest BCUT2D eigenvalue weighted by molar-refractivity contribution is 0.0692. The van der Waals surface area contributed by atoms with Crippen LogP contribution in [-0.4, -0.2) is 43.5 Å². The van der Waals surface area contributed by atoms with Crippen molar-refractivity contribution < 1.29 is 36.6 Å². The monoisotopic (exact) mass is 391 g/mol. The molecule has 9 nitrogen and oxygen atoms in total. The number of hydrogen-bond acceptors (Lipinski definition) is 6. The number of carboxylic acids is 1. The van der Waals surface area contributed by atoms with Crippen LogP contribution in [0.5, 0.6) is 11.5 Å². The topological polar surface area (TPSA) is 120 Å². The maximum atomic E-state index is 13.1. The lowest BCUT2D eigenvalue weighted by atomic mass is 10.2. The maximum Gasteiger partial charge on any atom is 0.339 e. The molecular weight excluding hydrogens is 376 g/mol. The highest BCUT2D eigenvalue weighted by atomic mass is 32.2. The highest BCUT2D eigenvalue weighted by Crippen LogP contribution is 2.35. The van der Waals surface area contributed by atoms with Crippen LogP contribution in [0.2, 0.25) is 0 Å². The molecule has 0 bridgehead atoms. The van der Waals surface area contributed by atoms with Crippen LogP contribution >= 0.6 is 0 Å². The van der Waals surface area contributed by atoms with Crippen LogP contribution in [0.15, 0.2) is 23.2 Å². The van der Waals surface area contributed by atoms with Gasteiger partial charge in [-0.1, -0.05) is 0 Å². The Bertz CT molecular complexity index is 942. The number of sulfonamides is 1. The van der Waals surface area contributed by atoms with Gasteiger partial charge >= 0.3 is 5.97 Å². The van der Waals surface area contributed by atoms with E-state index >= 15 is 0 Å². The van der Waals surface area contributed by atoms with Crippen molar-refractivity contribution in [1.82, 2.24) is 9.78 Å². The molecule has 0 atom stereocenters. The molecule has 2 N–H and O–H groups in total. The number of alkyl halides is 2. The van der Waals surface area contributed by atoms with E-state index < -0.39 is 44.3 Å². The molecule has 2 aromatic rings. The summed E-state index contributed by atoms with van der Waals surface area (Å²) in [6.07, 6.45) is -2.04. The van der Waals surface area contributed by atoms with Gasteiger partial charge in [-0.25, -0.2) is 22.0 Å². The van der Waals surface area contributed by atoms with E-state index in [4.69, 9.17) is 9.47 Å². The number of carbonyl (C=O) groups is 1. The zero-order valence-electron chi connectivity index (χ0n) is 13.9. The number of aromatic nitrogens is 2. The number of aryl methyl sites for hydroxylation is 1. The fraction of sp³-hybridized carbons (Fsp3) is 0.286. The van der Waals surface area contributed by atoms with Gasteiger partial charge in [0.25, 0.3) is 16.4 Å². The number of nitrogens with zero attached hydrogens (tertiary/aromatic N) is 2. The summed E-state index contributed by atoms with van der Waals surface area (Å²) in [4.78, 5) is 10.9. The molecule has 0 radical (unpaired) electrons. The number of benzene rings is 1. The molecule has 1 aromatic heterocycles. The van der Waals surface area contributed by atoms with Crippen LogP contribution in [0, 0.1) is 0 Å². The Morgan fingerprint density at radius 2 is 1.96 bits per heavy atom. The number of aromatic carboxylic acids is 1. The van der Waals surface area contributed by atoms with Crippen molar-refractivity contribution in [2.75, 3.05) is 18.9 Å². The SMILES string of the molecule is COc1cc(S(=O)(=O)Nc2cnn(C)c2C(F)F)cc(C(=O)O)c1OC. The van der Waals surface area contributed by atoms with Crippen molar-refractivity contribution in [3.05, 3.63) is 29.6 Å². The Morgan fingerprint density at radius 3 is 2.46 bits per heavy atom. The van der Waals surface area contributed by atoms with Crippen LogP contribution < -0.4 is 14.2 Å². The fourth-order valence-corrected chi connectivity index (χ4v) is 3.34. The minimum absolute atomic E-state index is 0.145. The molecule has 0 unspecified atom stereocenters. The van der Waals surface area contributed by atoms with E-state index in [9.17, 15) is 27.1 Å². The van der Waals surface area contributed by atoms with E-state index in [0.717, 1.165) is 23.0 Å². The molecule has 0 saturated carbocycles. The summed E-state index contributed by atoms with van der Waals surface area (Å²) in [6.45, 7) is 0. The third-order valence-corrected chi connectivity index (χ3v) is 4.77. The summed E-state index contributed by atoms with van der Waals surface area (Å²) in [5, 5.41) is 12.8. The predicted octanol–water partition coefficient (Wildman–Crippen LogP) is 1.87. The number of rotatable bonds is 7. The molecule has 2 rings (SSSR count). The molecule has 12 heteroatoms. The minimum atomic E-state index is -4.41. The molecule has 0 aliphatic heterocycles. The van der Waals surface area contributed by atoms with Crippen LogP contribution in [0.1, 0.15) is 22.5 Å². The molecule has 26 heavy (non-hydrogen) atoms. The first-order chi connectivity index (χ1) is 12.1. The van der Waals surface area contributed by atoms with Crippen molar-refractivity contribution in [2.45, 2.75) is 11.3 Å². The normalized spacial score (nSPS) is 11.5. The largest absolute Gasteiger partial charge is 0.493 e. The van der Waals surface area contributed by atoms with Gasteiger partial charge in [0, 0.05) is 13.1 Å². The molecule has 1 aromatic carbocycles. The second-order valence-electron chi connectivity index (χ2n) is 4.98. The van der Waals surface area contributed by atoms with E-state index in [1.165, 1.54) is 21.3 Å². The van der Waals surface area contributed by atoms with Crippen LogP contribution in [0.25, 0.3) is 0 Å². The van der Waals surface area contributed by atoms with Crippen molar-refractivity contribution in [1.29, 1.82) is 0 Å². The summed E-state index contributed by atoms with van der Waals surface area (Å²) in [5.74, 6) is -1.77. The summed E-state index contributed by atoms with van der Waals surface area (Å²) < 4.78 is 64.0. The molecule has 0 amide bonds. The number of methoxy groups -OCH3 is 2. The summed E-state index contributed by atoms with van der Waals surface area (Å²) in [6, 6.07) is 1.86. The Balaban J connectivity index is 2.56. The lowest BCUT2D eigenvalue weighted by Crippen LogP contribution is -2.16. The Kier molecular flexibility index (Phi) is 5.35. The van der Waals surface area contributed by atoms with Crippen molar-refractivity contribution in [2.24, 2.45) is 7.05 Å². The van der Waals surface area contributed by atoms with E-state index in [1.54, 1.807) is 0 Å². The van der Waals surface area contributed by atoms with E-state index in [0.29, 0.717) is 0 Å². The van der Waals surface area contributed by atoms with Gasteiger partial charge in [-0.2, -0.15) is 5.10 Å². The molecule has 142 valence electrons. The number of hydrogen-bond donors (Lipinski definition) is 2. The van der Waals surface area contributed by atoms with Crippen molar-refractivity contribution in [3.63, 3.8) is 0 Å². The summed E-state index contributed by atoms with van der Waals surface area (Å²) in [5.41, 5.74) is -1.52. The second-order valence-corrected chi connectivity index (χ2v) is 6.67. The Hall–Kier alpha value is -2.89. The second kappa shape index (κ2) is 7.15. The van der Waals surface area contributed by atoms with Crippen LogP contribution in [-0.2, 0) is 17.1 Å². The van der Waals surface area contributed by atoms with Crippen molar-refractivity contribution >= 4 is 21.7 Å². The van der Waals surface area contributed by atoms with Gasteiger partial charge in [-0.05, 0) is 6.07 Å². The first-order valence-corrected chi connectivity index (χ1v) is 8.42. The highest BCUT2D eigenvalue weighted by molar-refractivity contribution is 7.92. The van der Waals surface area contributed by atoms with Gasteiger partial charge < -0.3 is 14.6 Å². The van der Waals surface area contributed by atoms with Gasteiger partial charge in [0.1, 0.15) is 11.3 Å². The number of anilines is 1.